The van der Waals surface area contributed by atoms with Crippen LogP contribution in [0, 0.1) is 0 Å². The number of rotatable bonds is 6. The van der Waals surface area contributed by atoms with Crippen molar-refractivity contribution in [3.05, 3.63) is 58.7 Å². The number of hydrogen-bond acceptors (Lipinski definition) is 5. The van der Waals surface area contributed by atoms with E-state index in [0.29, 0.717) is 17.1 Å². The van der Waals surface area contributed by atoms with Crippen molar-refractivity contribution in [2.45, 2.75) is 0 Å². The van der Waals surface area contributed by atoms with Crippen LogP contribution in [0.4, 0.5) is 0 Å². The lowest BCUT2D eigenvalue weighted by atomic mass is 10.2. The molecule has 8 heteroatoms. The summed E-state index contributed by atoms with van der Waals surface area (Å²) in [6.45, 7) is 0.524. The highest BCUT2D eigenvalue weighted by Gasteiger charge is 2.16. The molecule has 26 heavy (non-hydrogen) atoms. The van der Waals surface area contributed by atoms with Crippen molar-refractivity contribution in [1.82, 2.24) is 5.32 Å². The number of nitrogens with one attached hydrogen (secondary N) is 1. The lowest BCUT2D eigenvalue weighted by molar-refractivity contribution is -0.135. The molecule has 0 saturated heterocycles. The Morgan fingerprint density at radius 2 is 1.69 bits per heavy atom. The molecule has 2 aromatic carbocycles. The van der Waals surface area contributed by atoms with Gasteiger partial charge in [-0.05, 0) is 30.3 Å². The summed E-state index contributed by atoms with van der Waals surface area (Å²) >= 11 is 0. The molecule has 1 aliphatic heterocycles. The summed E-state index contributed by atoms with van der Waals surface area (Å²) in [6.07, 6.45) is 0. The van der Waals surface area contributed by atoms with Crippen LogP contribution in [0.25, 0.3) is 0 Å². The first-order valence-corrected chi connectivity index (χ1v) is 7.78. The SMILES string of the molecule is COc1ccccc1OCCNC(=O)c1ccc2c(c1)=NC(=O)C(=O)N=2. The molecule has 1 heterocycles. The van der Waals surface area contributed by atoms with Crippen molar-refractivity contribution in [2.75, 3.05) is 20.3 Å². The van der Waals surface area contributed by atoms with E-state index in [1.165, 1.54) is 18.2 Å². The molecule has 0 unspecified atom stereocenters. The number of amides is 3. The second-order valence-corrected chi connectivity index (χ2v) is 5.29. The van der Waals surface area contributed by atoms with Crippen molar-refractivity contribution in [2.24, 2.45) is 9.98 Å². The Morgan fingerprint density at radius 1 is 1.00 bits per heavy atom. The number of fused-ring (bicyclic) bond motifs is 1. The second kappa shape index (κ2) is 7.56. The van der Waals surface area contributed by atoms with E-state index in [4.69, 9.17) is 9.47 Å². The van der Waals surface area contributed by atoms with Crippen molar-refractivity contribution >= 4 is 17.7 Å². The average Bonchev–Trinajstić information content (AvgIpc) is 2.66. The number of para-hydroxylation sites is 2. The second-order valence-electron chi connectivity index (χ2n) is 5.29. The Kier molecular flexibility index (Phi) is 5.02. The predicted molar refractivity (Wildman–Crippen MR) is 89.6 cm³/mol. The Balaban J connectivity index is 1.60. The number of benzene rings is 2. The van der Waals surface area contributed by atoms with Crippen molar-refractivity contribution in [3.63, 3.8) is 0 Å². The van der Waals surface area contributed by atoms with Crippen LogP contribution in [0.15, 0.2) is 52.4 Å². The van der Waals surface area contributed by atoms with Crippen LogP contribution < -0.4 is 25.5 Å². The van der Waals surface area contributed by atoms with Gasteiger partial charge in [-0.1, -0.05) is 12.1 Å². The van der Waals surface area contributed by atoms with Crippen LogP contribution >= 0.6 is 0 Å². The molecule has 0 aliphatic carbocycles. The lowest BCUT2D eigenvalue weighted by Gasteiger charge is -2.11. The summed E-state index contributed by atoms with van der Waals surface area (Å²) in [6, 6.07) is 11.6. The van der Waals surface area contributed by atoms with Gasteiger partial charge in [0.2, 0.25) is 0 Å². The summed E-state index contributed by atoms with van der Waals surface area (Å²) < 4.78 is 10.8. The molecule has 2 aromatic rings. The number of nitrogens with zero attached hydrogens (tertiary/aromatic N) is 2. The molecule has 0 bridgehead atoms. The predicted octanol–water partition coefficient (Wildman–Crippen LogP) is -0.190. The first kappa shape index (κ1) is 17.3. The van der Waals surface area contributed by atoms with Gasteiger partial charge in [0.1, 0.15) is 6.61 Å². The summed E-state index contributed by atoms with van der Waals surface area (Å²) in [5.41, 5.74) is 0.308. The van der Waals surface area contributed by atoms with Gasteiger partial charge in [0.15, 0.2) is 11.5 Å². The zero-order chi connectivity index (χ0) is 18.5. The zero-order valence-electron chi connectivity index (χ0n) is 13.9. The largest absolute Gasteiger partial charge is 0.493 e. The molecule has 0 spiro atoms. The van der Waals surface area contributed by atoms with Crippen molar-refractivity contribution < 1.29 is 23.9 Å². The highest BCUT2D eigenvalue weighted by molar-refractivity contribution is 6.36. The Hall–Kier alpha value is -3.55. The van der Waals surface area contributed by atoms with E-state index in [2.05, 4.69) is 15.3 Å². The highest BCUT2D eigenvalue weighted by Crippen LogP contribution is 2.25. The Bertz CT molecular complexity index is 1000. The van der Waals surface area contributed by atoms with Crippen LogP contribution in [0.1, 0.15) is 10.4 Å². The summed E-state index contributed by atoms with van der Waals surface area (Å²) in [7, 11) is 1.55. The molecule has 0 radical (unpaired) electrons. The number of carbonyl (C=O) groups is 3. The number of ether oxygens (including phenoxy) is 2. The standard InChI is InChI=1S/C18H15N3O5/c1-25-14-4-2-3-5-15(14)26-9-8-19-16(22)11-6-7-12-13(10-11)21-18(24)17(23)20-12/h2-7,10H,8-9H2,1H3,(H,19,22). The van der Waals surface area contributed by atoms with Crippen molar-refractivity contribution in [1.29, 1.82) is 0 Å². The van der Waals surface area contributed by atoms with Gasteiger partial charge in [-0.25, -0.2) is 9.98 Å². The first-order valence-electron chi connectivity index (χ1n) is 7.78. The molecule has 0 fully saturated rings. The third-order valence-corrected chi connectivity index (χ3v) is 3.58. The maximum atomic E-state index is 12.2. The van der Waals surface area contributed by atoms with E-state index in [1.807, 2.05) is 12.1 Å². The maximum absolute atomic E-state index is 12.2. The molecule has 1 aliphatic rings. The fraction of sp³-hybridized carbons (Fsp3) is 0.167. The molecule has 3 rings (SSSR count). The van der Waals surface area contributed by atoms with Gasteiger partial charge in [-0.2, -0.15) is 0 Å². The van der Waals surface area contributed by atoms with Crippen LogP contribution in [0.3, 0.4) is 0 Å². The molecular formula is C18H15N3O5. The molecule has 0 aromatic heterocycles. The van der Waals surface area contributed by atoms with E-state index >= 15 is 0 Å². The number of methoxy groups -OCH3 is 1. The van der Waals surface area contributed by atoms with Crippen LogP contribution in [0.5, 0.6) is 11.5 Å². The van der Waals surface area contributed by atoms with E-state index in [-0.39, 0.29) is 29.8 Å². The summed E-state index contributed by atoms with van der Waals surface area (Å²) in [5.74, 6) is -1.01. The summed E-state index contributed by atoms with van der Waals surface area (Å²) in [4.78, 5) is 41.9. The third-order valence-electron chi connectivity index (χ3n) is 3.58. The minimum atomic E-state index is -0.944. The van der Waals surface area contributed by atoms with Crippen LogP contribution in [0.2, 0.25) is 0 Å². The lowest BCUT2D eigenvalue weighted by Crippen LogP contribution is -2.36. The molecule has 132 valence electrons. The van der Waals surface area contributed by atoms with Gasteiger partial charge in [0.05, 0.1) is 24.4 Å². The van der Waals surface area contributed by atoms with Crippen LogP contribution in [-0.4, -0.2) is 38.0 Å². The van der Waals surface area contributed by atoms with Gasteiger partial charge >= 0.3 is 11.8 Å². The minimum absolute atomic E-state index is 0.201. The Labute approximate surface area is 148 Å². The highest BCUT2D eigenvalue weighted by atomic mass is 16.5. The number of hydrogen-bond donors (Lipinski definition) is 1. The molecule has 1 N–H and O–H groups in total. The fourth-order valence-electron chi connectivity index (χ4n) is 2.33. The quantitative estimate of drug-likeness (QED) is 0.572. The van der Waals surface area contributed by atoms with Crippen molar-refractivity contribution in [3.8, 4) is 11.5 Å². The van der Waals surface area contributed by atoms with E-state index in [1.54, 1.807) is 19.2 Å². The third kappa shape index (κ3) is 3.75. The average molecular weight is 353 g/mol. The smallest absolute Gasteiger partial charge is 0.338 e. The van der Waals surface area contributed by atoms with E-state index in [9.17, 15) is 14.4 Å². The van der Waals surface area contributed by atoms with Crippen LogP contribution in [-0.2, 0) is 9.59 Å². The first-order chi connectivity index (χ1) is 12.6. The van der Waals surface area contributed by atoms with Gasteiger partial charge in [-0.3, -0.25) is 14.4 Å². The molecular weight excluding hydrogens is 338 g/mol. The zero-order valence-corrected chi connectivity index (χ0v) is 13.9. The minimum Gasteiger partial charge on any atom is -0.493 e. The molecule has 0 saturated carbocycles. The Morgan fingerprint density at radius 3 is 2.42 bits per heavy atom. The molecule has 8 nitrogen and oxygen atoms in total. The summed E-state index contributed by atoms with van der Waals surface area (Å²) in [5, 5.41) is 3.18. The maximum Gasteiger partial charge on any atom is 0.338 e. The van der Waals surface area contributed by atoms with Gasteiger partial charge in [0, 0.05) is 5.56 Å². The van der Waals surface area contributed by atoms with E-state index in [0.717, 1.165) is 0 Å². The number of carbonyl (C=O) groups excluding carboxylic acids is 3. The van der Waals surface area contributed by atoms with E-state index < -0.39 is 11.8 Å². The monoisotopic (exact) mass is 353 g/mol. The fourth-order valence-corrected chi connectivity index (χ4v) is 2.33. The molecule has 0 atom stereocenters. The molecule has 3 amide bonds. The topological polar surface area (TPSA) is 106 Å². The van der Waals surface area contributed by atoms with Gasteiger partial charge in [-0.15, -0.1) is 0 Å². The van der Waals surface area contributed by atoms with Gasteiger partial charge in [0.25, 0.3) is 5.91 Å². The normalized spacial score (nSPS) is 12.5. The van der Waals surface area contributed by atoms with Gasteiger partial charge < -0.3 is 14.8 Å².